The quantitative estimate of drug-likeness (QED) is 0.882. The number of nitrogens with zero attached hydrogens (tertiary/aromatic N) is 1. The number of hydrogen-bond donors (Lipinski definition) is 1. The highest BCUT2D eigenvalue weighted by atomic mass is 32.2. The normalized spacial score (nSPS) is 11.2. The van der Waals surface area contributed by atoms with Crippen LogP contribution in [0.4, 0.5) is 5.69 Å². The first-order valence-corrected chi connectivity index (χ1v) is 8.63. The first-order chi connectivity index (χ1) is 10.8. The van der Waals surface area contributed by atoms with Gasteiger partial charge in [0.25, 0.3) is 10.0 Å². The van der Waals surface area contributed by atoms with Crippen LogP contribution < -0.4 is 4.31 Å². The molecular weight excluding hydrogens is 314 g/mol. The fourth-order valence-electron chi connectivity index (χ4n) is 2.28. The molecular formula is C17H19NO4S. The summed E-state index contributed by atoms with van der Waals surface area (Å²) in [4.78, 5) is 11.1. The van der Waals surface area contributed by atoms with Crippen LogP contribution in [0.2, 0.25) is 0 Å². The molecule has 1 N–H and O–H groups in total. The van der Waals surface area contributed by atoms with Gasteiger partial charge in [-0.05, 0) is 43.2 Å². The molecule has 0 aliphatic heterocycles. The Balaban J connectivity index is 2.54. The highest BCUT2D eigenvalue weighted by molar-refractivity contribution is 7.92. The smallest absolute Gasteiger partial charge is 0.305 e. The van der Waals surface area contributed by atoms with Crippen molar-refractivity contribution in [2.45, 2.75) is 25.2 Å². The van der Waals surface area contributed by atoms with Crippen molar-refractivity contribution in [2.75, 3.05) is 10.8 Å². The third-order valence-electron chi connectivity index (χ3n) is 3.49. The molecule has 0 bridgehead atoms. The van der Waals surface area contributed by atoms with Crippen LogP contribution >= 0.6 is 0 Å². The number of carboxylic acids is 1. The number of carbonyl (C=O) groups is 1. The van der Waals surface area contributed by atoms with Crippen molar-refractivity contribution in [3.8, 4) is 0 Å². The van der Waals surface area contributed by atoms with E-state index in [2.05, 4.69) is 0 Å². The van der Waals surface area contributed by atoms with Gasteiger partial charge in [0.15, 0.2) is 0 Å². The molecule has 0 saturated carbocycles. The Morgan fingerprint density at radius 1 is 1.09 bits per heavy atom. The van der Waals surface area contributed by atoms with Gasteiger partial charge in [0.2, 0.25) is 0 Å². The van der Waals surface area contributed by atoms with E-state index in [-0.39, 0.29) is 17.9 Å². The van der Waals surface area contributed by atoms with Gasteiger partial charge >= 0.3 is 5.97 Å². The summed E-state index contributed by atoms with van der Waals surface area (Å²) in [5, 5.41) is 8.95. The van der Waals surface area contributed by atoms with E-state index in [9.17, 15) is 13.2 Å². The van der Waals surface area contributed by atoms with E-state index in [1.165, 1.54) is 16.4 Å². The zero-order chi connectivity index (χ0) is 17.0. The lowest BCUT2D eigenvalue weighted by Crippen LogP contribution is -2.33. The second-order valence-electron chi connectivity index (χ2n) is 5.32. The Hall–Kier alpha value is -2.34. The van der Waals surface area contributed by atoms with Crippen LogP contribution in [0.5, 0.6) is 0 Å². The van der Waals surface area contributed by atoms with E-state index in [0.717, 1.165) is 11.1 Å². The molecule has 0 aromatic heterocycles. The molecule has 2 rings (SSSR count). The number of sulfonamides is 1. The largest absolute Gasteiger partial charge is 0.481 e. The van der Waals surface area contributed by atoms with E-state index in [1.54, 1.807) is 24.3 Å². The number of rotatable bonds is 6. The Morgan fingerprint density at radius 2 is 1.74 bits per heavy atom. The lowest BCUT2D eigenvalue weighted by molar-refractivity contribution is -0.136. The predicted octanol–water partition coefficient (Wildman–Crippen LogP) is 2.97. The summed E-state index contributed by atoms with van der Waals surface area (Å²) in [6, 6.07) is 13.5. The average Bonchev–Trinajstić information content (AvgIpc) is 2.51. The summed E-state index contributed by atoms with van der Waals surface area (Å²) in [5.74, 6) is -1.04. The number of hydrogen-bond acceptors (Lipinski definition) is 3. The first kappa shape index (κ1) is 17.0. The summed E-state index contributed by atoms with van der Waals surface area (Å²) in [6.45, 7) is 3.56. The van der Waals surface area contributed by atoms with Crippen molar-refractivity contribution in [2.24, 2.45) is 0 Å². The number of benzene rings is 2. The van der Waals surface area contributed by atoms with E-state index in [0.29, 0.717) is 5.69 Å². The Morgan fingerprint density at radius 3 is 2.35 bits per heavy atom. The molecule has 5 nitrogen and oxygen atoms in total. The molecule has 0 aliphatic carbocycles. The number of aliphatic carboxylic acids is 1. The SMILES string of the molecule is Cc1ccc(C)c(N(CCC(=O)O)S(=O)(=O)c2ccccc2)c1. The van der Waals surface area contributed by atoms with Gasteiger partial charge in [-0.3, -0.25) is 9.10 Å². The van der Waals surface area contributed by atoms with Crippen molar-refractivity contribution < 1.29 is 18.3 Å². The Kier molecular flexibility index (Phi) is 5.05. The van der Waals surface area contributed by atoms with Gasteiger partial charge in [0, 0.05) is 6.54 Å². The van der Waals surface area contributed by atoms with Gasteiger partial charge in [-0.2, -0.15) is 0 Å². The standard InChI is InChI=1S/C17H19NO4S/c1-13-8-9-14(2)16(12-13)18(11-10-17(19)20)23(21,22)15-6-4-3-5-7-15/h3-9,12H,10-11H2,1-2H3,(H,19,20). The topological polar surface area (TPSA) is 74.7 Å². The Labute approximate surface area is 136 Å². The highest BCUT2D eigenvalue weighted by Crippen LogP contribution is 2.28. The van der Waals surface area contributed by atoms with Crippen LogP contribution in [0.15, 0.2) is 53.4 Å². The summed E-state index contributed by atoms with van der Waals surface area (Å²) >= 11 is 0. The summed E-state index contributed by atoms with van der Waals surface area (Å²) in [6.07, 6.45) is -0.264. The van der Waals surface area contributed by atoms with E-state index in [1.807, 2.05) is 26.0 Å². The first-order valence-electron chi connectivity index (χ1n) is 7.19. The van der Waals surface area contributed by atoms with Crippen LogP contribution in [0.25, 0.3) is 0 Å². The maximum Gasteiger partial charge on any atom is 0.305 e. The summed E-state index contributed by atoms with van der Waals surface area (Å²) < 4.78 is 27.1. The minimum atomic E-state index is -3.82. The van der Waals surface area contributed by atoms with Gasteiger partial charge in [-0.1, -0.05) is 30.3 Å². The molecule has 122 valence electrons. The van der Waals surface area contributed by atoms with Crippen LogP contribution in [-0.2, 0) is 14.8 Å². The molecule has 2 aromatic carbocycles. The van der Waals surface area contributed by atoms with Crippen molar-refractivity contribution in [3.63, 3.8) is 0 Å². The van der Waals surface area contributed by atoms with Crippen molar-refractivity contribution in [3.05, 3.63) is 59.7 Å². The maximum atomic E-state index is 12.9. The molecule has 0 unspecified atom stereocenters. The number of aryl methyl sites for hydroxylation is 2. The van der Waals surface area contributed by atoms with E-state index >= 15 is 0 Å². The van der Waals surface area contributed by atoms with Gasteiger partial charge < -0.3 is 5.11 Å². The zero-order valence-corrected chi connectivity index (χ0v) is 13.9. The van der Waals surface area contributed by atoms with Crippen molar-refractivity contribution in [1.82, 2.24) is 0 Å². The van der Waals surface area contributed by atoms with Gasteiger partial charge in [-0.15, -0.1) is 0 Å². The lowest BCUT2D eigenvalue weighted by atomic mass is 10.1. The fourth-order valence-corrected chi connectivity index (χ4v) is 3.82. The molecule has 0 saturated heterocycles. The Bertz CT molecular complexity index is 801. The molecule has 2 aromatic rings. The van der Waals surface area contributed by atoms with Crippen molar-refractivity contribution >= 4 is 21.7 Å². The molecule has 23 heavy (non-hydrogen) atoms. The molecule has 6 heteroatoms. The molecule has 0 spiro atoms. The number of carboxylic acid groups (broad SMARTS) is 1. The molecule has 0 fully saturated rings. The minimum Gasteiger partial charge on any atom is -0.481 e. The minimum absolute atomic E-state index is 0.114. The third-order valence-corrected chi connectivity index (χ3v) is 5.32. The molecule has 0 amide bonds. The van der Waals surface area contributed by atoms with Gasteiger partial charge in [0.05, 0.1) is 17.0 Å². The summed E-state index contributed by atoms with van der Waals surface area (Å²) in [7, 11) is -3.82. The van der Waals surface area contributed by atoms with Crippen LogP contribution in [0.1, 0.15) is 17.5 Å². The van der Waals surface area contributed by atoms with Gasteiger partial charge in [0.1, 0.15) is 0 Å². The van der Waals surface area contributed by atoms with Crippen LogP contribution in [-0.4, -0.2) is 26.0 Å². The lowest BCUT2D eigenvalue weighted by Gasteiger charge is -2.26. The van der Waals surface area contributed by atoms with Gasteiger partial charge in [-0.25, -0.2) is 8.42 Å². The molecule has 0 aliphatic rings. The number of anilines is 1. The molecule has 0 atom stereocenters. The summed E-state index contributed by atoms with van der Waals surface area (Å²) in [5.41, 5.74) is 2.20. The van der Waals surface area contributed by atoms with E-state index in [4.69, 9.17) is 5.11 Å². The average molecular weight is 333 g/mol. The predicted molar refractivity (Wildman–Crippen MR) is 89.1 cm³/mol. The van der Waals surface area contributed by atoms with E-state index < -0.39 is 16.0 Å². The maximum absolute atomic E-state index is 12.9. The van der Waals surface area contributed by atoms with Crippen molar-refractivity contribution in [1.29, 1.82) is 0 Å². The second-order valence-corrected chi connectivity index (χ2v) is 7.19. The molecule has 0 heterocycles. The fraction of sp³-hybridized carbons (Fsp3) is 0.235. The van der Waals surface area contributed by atoms with Crippen LogP contribution in [0, 0.1) is 13.8 Å². The van der Waals surface area contributed by atoms with Crippen LogP contribution in [0.3, 0.4) is 0 Å². The second kappa shape index (κ2) is 6.83. The zero-order valence-electron chi connectivity index (χ0n) is 13.1. The third kappa shape index (κ3) is 3.90. The molecule has 0 radical (unpaired) electrons. The highest BCUT2D eigenvalue weighted by Gasteiger charge is 2.26. The monoisotopic (exact) mass is 333 g/mol.